The standard InChI is InChI=1S/C10H9BrFN3S/c1-5(13)9-14-15-10(16-9)7-4-6(12)2-3-8(7)11/h2-5H,13H2,1H3. The molecule has 1 aromatic heterocycles. The van der Waals surface area contributed by atoms with Crippen LogP contribution < -0.4 is 5.73 Å². The van der Waals surface area contributed by atoms with Crippen LogP contribution in [0.4, 0.5) is 4.39 Å². The SMILES string of the molecule is CC(N)c1nnc(-c2cc(F)ccc2Br)s1. The van der Waals surface area contributed by atoms with Gasteiger partial charge in [-0.2, -0.15) is 0 Å². The molecule has 2 N–H and O–H groups in total. The molecule has 0 radical (unpaired) electrons. The van der Waals surface area contributed by atoms with Crippen molar-refractivity contribution >= 4 is 27.3 Å². The maximum absolute atomic E-state index is 13.1. The summed E-state index contributed by atoms with van der Waals surface area (Å²) in [5.41, 5.74) is 6.39. The minimum absolute atomic E-state index is 0.154. The lowest BCUT2D eigenvalue weighted by Gasteiger charge is -1.99. The molecule has 0 fully saturated rings. The van der Waals surface area contributed by atoms with Gasteiger partial charge in [-0.25, -0.2) is 4.39 Å². The van der Waals surface area contributed by atoms with E-state index in [1.807, 2.05) is 6.92 Å². The Hall–Kier alpha value is -0.850. The molecule has 3 nitrogen and oxygen atoms in total. The first-order valence-electron chi connectivity index (χ1n) is 4.62. The molecule has 1 heterocycles. The maximum Gasteiger partial charge on any atom is 0.149 e. The summed E-state index contributed by atoms with van der Waals surface area (Å²) in [5.74, 6) is -0.296. The molecule has 0 amide bonds. The number of nitrogens with two attached hydrogens (primary N) is 1. The van der Waals surface area contributed by atoms with Crippen molar-refractivity contribution in [3.05, 3.63) is 33.5 Å². The maximum atomic E-state index is 13.1. The highest BCUT2D eigenvalue weighted by molar-refractivity contribution is 9.10. The van der Waals surface area contributed by atoms with Gasteiger partial charge in [0.2, 0.25) is 0 Å². The van der Waals surface area contributed by atoms with Gasteiger partial charge in [0.1, 0.15) is 15.8 Å². The minimum Gasteiger partial charge on any atom is -0.322 e. The Morgan fingerprint density at radius 1 is 1.44 bits per heavy atom. The first-order valence-corrected chi connectivity index (χ1v) is 6.23. The van der Waals surface area contributed by atoms with Crippen LogP contribution in [-0.2, 0) is 0 Å². The van der Waals surface area contributed by atoms with E-state index in [9.17, 15) is 4.39 Å². The van der Waals surface area contributed by atoms with Crippen LogP contribution in [0.5, 0.6) is 0 Å². The first-order chi connectivity index (χ1) is 7.58. The molecular weight excluding hydrogens is 293 g/mol. The largest absolute Gasteiger partial charge is 0.322 e. The van der Waals surface area contributed by atoms with E-state index in [1.54, 1.807) is 6.07 Å². The Labute approximate surface area is 105 Å². The summed E-state index contributed by atoms with van der Waals surface area (Å²) in [6.45, 7) is 1.84. The van der Waals surface area contributed by atoms with Gasteiger partial charge >= 0.3 is 0 Å². The second-order valence-corrected chi connectivity index (χ2v) is 5.22. The topological polar surface area (TPSA) is 51.8 Å². The summed E-state index contributed by atoms with van der Waals surface area (Å²) in [6.07, 6.45) is 0. The van der Waals surface area contributed by atoms with Gasteiger partial charge in [0.25, 0.3) is 0 Å². The number of aromatic nitrogens is 2. The molecule has 0 aliphatic carbocycles. The molecular formula is C10H9BrFN3S. The molecule has 0 spiro atoms. The van der Waals surface area contributed by atoms with Crippen molar-refractivity contribution in [3.8, 4) is 10.6 Å². The summed E-state index contributed by atoms with van der Waals surface area (Å²) in [5, 5.41) is 9.37. The molecule has 0 aliphatic heterocycles. The molecule has 84 valence electrons. The lowest BCUT2D eigenvalue weighted by Crippen LogP contribution is -2.03. The zero-order valence-electron chi connectivity index (χ0n) is 8.45. The Kier molecular flexibility index (Phi) is 3.32. The van der Waals surface area contributed by atoms with Crippen molar-refractivity contribution in [1.82, 2.24) is 10.2 Å². The highest BCUT2D eigenvalue weighted by atomic mass is 79.9. The molecule has 0 saturated heterocycles. The molecule has 2 aromatic rings. The molecule has 2 rings (SSSR count). The van der Waals surface area contributed by atoms with Gasteiger partial charge in [0.05, 0.1) is 6.04 Å². The predicted octanol–water partition coefficient (Wildman–Crippen LogP) is 3.13. The van der Waals surface area contributed by atoms with Gasteiger partial charge in [-0.15, -0.1) is 10.2 Å². The molecule has 1 atom stereocenters. The van der Waals surface area contributed by atoms with Crippen LogP contribution >= 0.6 is 27.3 Å². The van der Waals surface area contributed by atoms with E-state index < -0.39 is 0 Å². The average Bonchev–Trinajstić information content (AvgIpc) is 2.70. The van der Waals surface area contributed by atoms with Crippen LogP contribution in [0, 0.1) is 5.82 Å². The molecule has 0 bridgehead atoms. The van der Waals surface area contributed by atoms with Gasteiger partial charge in [-0.1, -0.05) is 27.3 Å². The zero-order chi connectivity index (χ0) is 11.7. The summed E-state index contributed by atoms with van der Waals surface area (Å²) < 4.78 is 13.9. The predicted molar refractivity (Wildman–Crippen MR) is 65.6 cm³/mol. The number of hydrogen-bond acceptors (Lipinski definition) is 4. The van der Waals surface area contributed by atoms with Gasteiger partial charge in [-0.3, -0.25) is 0 Å². The van der Waals surface area contributed by atoms with E-state index in [1.165, 1.54) is 23.5 Å². The summed E-state index contributed by atoms with van der Waals surface area (Å²) in [7, 11) is 0. The highest BCUT2D eigenvalue weighted by Crippen LogP contribution is 2.32. The van der Waals surface area contributed by atoms with E-state index in [4.69, 9.17) is 5.73 Å². The number of hydrogen-bond donors (Lipinski definition) is 1. The molecule has 1 aromatic carbocycles. The molecule has 0 saturated carbocycles. The lowest BCUT2D eigenvalue weighted by molar-refractivity contribution is 0.628. The van der Waals surface area contributed by atoms with Crippen LogP contribution in [-0.4, -0.2) is 10.2 Å². The van der Waals surface area contributed by atoms with E-state index in [0.717, 1.165) is 9.48 Å². The van der Waals surface area contributed by atoms with E-state index in [2.05, 4.69) is 26.1 Å². The van der Waals surface area contributed by atoms with E-state index in [0.29, 0.717) is 10.6 Å². The van der Waals surface area contributed by atoms with Crippen molar-refractivity contribution in [2.45, 2.75) is 13.0 Å². The van der Waals surface area contributed by atoms with Crippen LogP contribution in [0.3, 0.4) is 0 Å². The fourth-order valence-electron chi connectivity index (χ4n) is 1.19. The van der Waals surface area contributed by atoms with Gasteiger partial charge in [0, 0.05) is 10.0 Å². The van der Waals surface area contributed by atoms with Crippen molar-refractivity contribution < 1.29 is 4.39 Å². The fraction of sp³-hybridized carbons (Fsp3) is 0.200. The second kappa shape index (κ2) is 4.57. The Balaban J connectivity index is 2.46. The van der Waals surface area contributed by atoms with Crippen molar-refractivity contribution in [2.75, 3.05) is 0 Å². The van der Waals surface area contributed by atoms with Crippen LogP contribution in [0.15, 0.2) is 22.7 Å². The van der Waals surface area contributed by atoms with Gasteiger partial charge in [0.15, 0.2) is 0 Å². The number of rotatable bonds is 2. The Morgan fingerprint density at radius 3 is 2.81 bits per heavy atom. The minimum atomic E-state index is -0.296. The molecule has 1 unspecified atom stereocenters. The van der Waals surface area contributed by atoms with Crippen LogP contribution in [0.1, 0.15) is 18.0 Å². The quantitative estimate of drug-likeness (QED) is 0.927. The third kappa shape index (κ3) is 2.28. The fourth-order valence-corrected chi connectivity index (χ4v) is 2.58. The van der Waals surface area contributed by atoms with Crippen molar-refractivity contribution in [1.29, 1.82) is 0 Å². The van der Waals surface area contributed by atoms with E-state index in [-0.39, 0.29) is 11.9 Å². The first kappa shape index (κ1) is 11.6. The second-order valence-electron chi connectivity index (χ2n) is 3.36. The zero-order valence-corrected chi connectivity index (χ0v) is 10.8. The smallest absolute Gasteiger partial charge is 0.149 e. The number of nitrogens with zero attached hydrogens (tertiary/aromatic N) is 2. The Bertz CT molecular complexity index is 513. The van der Waals surface area contributed by atoms with Gasteiger partial charge < -0.3 is 5.73 Å². The number of halogens is 2. The average molecular weight is 302 g/mol. The van der Waals surface area contributed by atoms with Crippen LogP contribution in [0.2, 0.25) is 0 Å². The van der Waals surface area contributed by atoms with E-state index >= 15 is 0 Å². The summed E-state index contributed by atoms with van der Waals surface area (Å²) >= 11 is 4.73. The highest BCUT2D eigenvalue weighted by Gasteiger charge is 2.12. The van der Waals surface area contributed by atoms with Crippen LogP contribution in [0.25, 0.3) is 10.6 Å². The molecule has 6 heteroatoms. The van der Waals surface area contributed by atoms with Crippen molar-refractivity contribution in [3.63, 3.8) is 0 Å². The number of benzene rings is 1. The third-order valence-corrected chi connectivity index (χ3v) is 3.84. The normalized spacial score (nSPS) is 12.8. The summed E-state index contributed by atoms with van der Waals surface area (Å²) in [6, 6.07) is 4.31. The monoisotopic (exact) mass is 301 g/mol. The van der Waals surface area contributed by atoms with Gasteiger partial charge in [-0.05, 0) is 25.1 Å². The Morgan fingerprint density at radius 2 is 2.19 bits per heavy atom. The molecule has 0 aliphatic rings. The molecule has 16 heavy (non-hydrogen) atoms. The van der Waals surface area contributed by atoms with Crippen molar-refractivity contribution in [2.24, 2.45) is 5.73 Å². The summed E-state index contributed by atoms with van der Waals surface area (Å²) in [4.78, 5) is 0. The third-order valence-electron chi connectivity index (χ3n) is 1.99. The lowest BCUT2D eigenvalue weighted by atomic mass is 10.2.